The first-order chi connectivity index (χ1) is 12.1. The highest BCUT2D eigenvalue weighted by molar-refractivity contribution is 6.70. The predicted molar refractivity (Wildman–Crippen MR) is 110 cm³/mol. The summed E-state index contributed by atoms with van der Waals surface area (Å²) in [4.78, 5) is 0. The van der Waals surface area contributed by atoms with Crippen molar-refractivity contribution < 1.29 is 13.3 Å². The fourth-order valence-corrected chi connectivity index (χ4v) is 8.83. The van der Waals surface area contributed by atoms with E-state index in [4.69, 9.17) is 13.3 Å². The van der Waals surface area contributed by atoms with Crippen LogP contribution < -0.4 is 0 Å². The van der Waals surface area contributed by atoms with Crippen molar-refractivity contribution in [2.24, 2.45) is 0 Å². The Morgan fingerprint density at radius 3 is 2.24 bits per heavy atom. The molecule has 1 radical (unpaired) electrons. The molecule has 1 aliphatic rings. The first-order valence-electron chi connectivity index (χ1n) is 10.6. The second-order valence-corrected chi connectivity index (χ2v) is 13.3. The lowest BCUT2D eigenvalue weighted by atomic mass is 10.1. The lowest BCUT2D eigenvalue weighted by Gasteiger charge is -2.32. The Morgan fingerprint density at radius 2 is 1.60 bits per heavy atom. The van der Waals surface area contributed by atoms with Crippen LogP contribution in [0.3, 0.4) is 0 Å². The summed E-state index contributed by atoms with van der Waals surface area (Å²) < 4.78 is 20.4. The smallest absolute Gasteiger partial charge is 0.387 e. The fraction of sp³-hybridized carbons (Fsp3) is 1.00. The van der Waals surface area contributed by atoms with E-state index >= 15 is 0 Å². The van der Waals surface area contributed by atoms with Crippen LogP contribution in [0, 0.1) is 0 Å². The largest absolute Gasteiger partial charge is 0.403 e. The van der Waals surface area contributed by atoms with E-state index in [9.17, 15) is 0 Å². The Morgan fingerprint density at radius 1 is 0.960 bits per heavy atom. The molecule has 1 aliphatic heterocycles. The van der Waals surface area contributed by atoms with Crippen molar-refractivity contribution in [2.45, 2.75) is 90.8 Å². The van der Waals surface area contributed by atoms with E-state index in [0.29, 0.717) is 5.54 Å². The summed E-state index contributed by atoms with van der Waals surface area (Å²) >= 11 is 0. The molecule has 2 unspecified atom stereocenters. The molecule has 1 saturated heterocycles. The predicted octanol–water partition coefficient (Wildman–Crippen LogP) is 5.09. The fourth-order valence-electron chi connectivity index (χ4n) is 3.83. The van der Waals surface area contributed by atoms with E-state index in [1.54, 1.807) is 0 Å². The molecule has 1 rings (SSSR count). The van der Waals surface area contributed by atoms with Gasteiger partial charge in [0.2, 0.25) is 0 Å². The highest BCUT2D eigenvalue weighted by Crippen LogP contribution is 2.27. The molecular weight excluding hydrogens is 346 g/mol. The van der Waals surface area contributed by atoms with Gasteiger partial charge in [-0.05, 0) is 65.7 Å². The molecule has 1 heterocycles. The topological polar surface area (TPSA) is 30.9 Å². The van der Waals surface area contributed by atoms with Crippen molar-refractivity contribution >= 4 is 17.8 Å². The second kappa shape index (κ2) is 13.4. The zero-order valence-corrected chi connectivity index (χ0v) is 19.4. The average Bonchev–Trinajstić information content (AvgIpc) is 2.94. The summed E-state index contributed by atoms with van der Waals surface area (Å²) in [5, 5.41) is 0. The first kappa shape index (κ1) is 23.3. The summed E-state index contributed by atoms with van der Waals surface area (Å²) in [7, 11) is -2.59. The second-order valence-electron chi connectivity index (χ2n) is 7.34. The van der Waals surface area contributed by atoms with Crippen LogP contribution in [0.15, 0.2) is 0 Å². The number of rotatable bonds is 15. The monoisotopic (exact) mass is 388 g/mol. The van der Waals surface area contributed by atoms with Crippen LogP contribution in [0.2, 0.25) is 18.1 Å². The minimum Gasteiger partial charge on any atom is -0.403 e. The van der Waals surface area contributed by atoms with Gasteiger partial charge in [-0.1, -0.05) is 32.6 Å². The molecule has 4 nitrogen and oxygen atoms in total. The third-order valence-corrected chi connectivity index (χ3v) is 11.5. The van der Waals surface area contributed by atoms with Gasteiger partial charge in [-0.3, -0.25) is 0 Å². The Balaban J connectivity index is 2.08. The van der Waals surface area contributed by atoms with E-state index in [-0.39, 0.29) is 0 Å². The Kier molecular flexibility index (Phi) is 12.5. The molecule has 25 heavy (non-hydrogen) atoms. The van der Waals surface area contributed by atoms with Crippen molar-refractivity contribution in [1.29, 1.82) is 0 Å². The molecule has 0 spiro atoms. The minimum atomic E-state index is -1.53. The molecule has 0 aromatic carbocycles. The molecule has 0 bridgehead atoms. The van der Waals surface area contributed by atoms with E-state index in [1.807, 2.05) is 0 Å². The van der Waals surface area contributed by atoms with E-state index in [0.717, 1.165) is 19.8 Å². The number of hydrogen-bond donors (Lipinski definition) is 0. The van der Waals surface area contributed by atoms with Crippen LogP contribution in [0.25, 0.3) is 0 Å². The maximum atomic E-state index is 6.13. The van der Waals surface area contributed by atoms with Crippen LogP contribution in [-0.4, -0.2) is 55.2 Å². The van der Waals surface area contributed by atoms with Gasteiger partial charge < -0.3 is 17.8 Å². The molecule has 0 aliphatic carbocycles. The number of hydrogen-bond acceptors (Lipinski definition) is 4. The van der Waals surface area contributed by atoms with Gasteiger partial charge in [-0.25, -0.2) is 0 Å². The molecule has 149 valence electrons. The summed E-state index contributed by atoms with van der Waals surface area (Å²) in [5.74, 6) is 0. The van der Waals surface area contributed by atoms with Crippen molar-refractivity contribution in [3.63, 3.8) is 0 Å². The van der Waals surface area contributed by atoms with E-state index in [2.05, 4.69) is 38.8 Å². The van der Waals surface area contributed by atoms with Crippen molar-refractivity contribution in [2.75, 3.05) is 32.9 Å². The normalized spacial score (nSPS) is 22.8. The maximum absolute atomic E-state index is 6.13. The molecule has 6 heteroatoms. The van der Waals surface area contributed by atoms with Crippen LogP contribution in [0.5, 0.6) is 0 Å². The minimum absolute atomic E-state index is 0.590. The third-order valence-electron chi connectivity index (χ3n) is 5.23. The molecule has 0 aromatic heterocycles. The van der Waals surface area contributed by atoms with Crippen molar-refractivity contribution in [3.05, 3.63) is 0 Å². The molecule has 0 amide bonds. The van der Waals surface area contributed by atoms with Gasteiger partial charge >= 0.3 is 9.28 Å². The Bertz CT molecular complexity index is 330. The molecule has 2 atom stereocenters. The SMILES string of the molecule is CCO[Si](OCC)C(C)CCCCCCCN1CCC[Si]1(C)OCC. The van der Waals surface area contributed by atoms with Gasteiger partial charge in [0.1, 0.15) is 0 Å². The van der Waals surface area contributed by atoms with Gasteiger partial charge in [0, 0.05) is 25.4 Å². The Hall–Kier alpha value is 0.274. The Labute approximate surface area is 159 Å². The number of nitrogens with zero attached hydrogens (tertiary/aromatic N) is 1. The molecule has 0 aromatic rings. The van der Waals surface area contributed by atoms with Gasteiger partial charge in [0.15, 0.2) is 0 Å². The van der Waals surface area contributed by atoms with Crippen molar-refractivity contribution in [3.8, 4) is 0 Å². The lowest BCUT2D eigenvalue weighted by molar-refractivity contribution is 0.203. The zero-order valence-electron chi connectivity index (χ0n) is 17.4. The maximum Gasteiger partial charge on any atom is 0.387 e. The quantitative estimate of drug-likeness (QED) is 0.289. The van der Waals surface area contributed by atoms with Crippen LogP contribution in [0.1, 0.15) is 72.6 Å². The van der Waals surface area contributed by atoms with Gasteiger partial charge in [-0.2, -0.15) is 0 Å². The van der Waals surface area contributed by atoms with Gasteiger partial charge in [-0.15, -0.1) is 0 Å². The van der Waals surface area contributed by atoms with Crippen LogP contribution in [-0.2, 0) is 13.3 Å². The highest BCUT2D eigenvalue weighted by Gasteiger charge is 2.40. The third kappa shape index (κ3) is 8.67. The zero-order chi connectivity index (χ0) is 18.5. The van der Waals surface area contributed by atoms with Gasteiger partial charge in [0.05, 0.1) is 0 Å². The summed E-state index contributed by atoms with van der Waals surface area (Å²) in [5.41, 5.74) is 0.590. The molecule has 0 saturated carbocycles. The van der Waals surface area contributed by atoms with Crippen LogP contribution in [0.4, 0.5) is 0 Å². The van der Waals surface area contributed by atoms with Crippen molar-refractivity contribution in [1.82, 2.24) is 4.57 Å². The van der Waals surface area contributed by atoms with E-state index in [1.165, 1.54) is 64.1 Å². The standard InChI is InChI=1S/C19H42NO3Si2/c1-6-21-24(22-7-2)19(4)15-12-10-9-11-13-16-20-17-14-18-25(20,5)23-8-3/h19H,6-18H2,1-5H3. The average molecular weight is 389 g/mol. The molecule has 0 N–H and O–H groups in total. The summed E-state index contributed by atoms with van der Waals surface area (Å²) in [6.45, 7) is 15.9. The molecule has 1 fully saturated rings. The van der Waals surface area contributed by atoms with E-state index < -0.39 is 17.8 Å². The first-order valence-corrected chi connectivity index (χ1v) is 14.5. The summed E-state index contributed by atoms with van der Waals surface area (Å²) in [6.07, 6.45) is 9.29. The highest BCUT2D eigenvalue weighted by atomic mass is 28.4. The van der Waals surface area contributed by atoms with Gasteiger partial charge in [0.25, 0.3) is 8.48 Å². The molecular formula is C19H42NO3Si2. The summed E-state index contributed by atoms with van der Waals surface area (Å²) in [6, 6.07) is 1.32. The lowest BCUT2D eigenvalue weighted by Crippen LogP contribution is -2.49. The number of unbranched alkanes of at least 4 members (excludes halogenated alkanes) is 4. The van der Waals surface area contributed by atoms with Crippen LogP contribution >= 0.6 is 0 Å².